The van der Waals surface area contributed by atoms with Gasteiger partial charge in [-0.25, -0.2) is 18.1 Å². The molecular formula is C12H16N4O3S. The van der Waals surface area contributed by atoms with E-state index in [4.69, 9.17) is 10.5 Å². The minimum Gasteiger partial charge on any atom is -0.495 e. The van der Waals surface area contributed by atoms with Crippen LogP contribution in [0, 0.1) is 0 Å². The lowest BCUT2D eigenvalue weighted by atomic mass is 10.3. The summed E-state index contributed by atoms with van der Waals surface area (Å²) in [6, 6.07) is 4.49. The van der Waals surface area contributed by atoms with Gasteiger partial charge in [0.05, 0.1) is 13.4 Å². The fourth-order valence-corrected chi connectivity index (χ4v) is 2.93. The Morgan fingerprint density at radius 3 is 2.90 bits per heavy atom. The van der Waals surface area contributed by atoms with Crippen molar-refractivity contribution in [2.24, 2.45) is 0 Å². The fraction of sp³-hybridized carbons (Fsp3) is 0.250. The summed E-state index contributed by atoms with van der Waals surface area (Å²) in [4.78, 5) is 3.92. The number of imidazole rings is 1. The molecule has 1 heterocycles. The zero-order chi connectivity index (χ0) is 14.6. The van der Waals surface area contributed by atoms with Crippen molar-refractivity contribution in [3.05, 3.63) is 36.9 Å². The van der Waals surface area contributed by atoms with Gasteiger partial charge in [-0.3, -0.25) is 0 Å². The van der Waals surface area contributed by atoms with E-state index in [0.717, 1.165) is 0 Å². The molecule has 0 saturated carbocycles. The number of hydrogen-bond donors (Lipinski definition) is 2. The molecule has 1 aromatic heterocycles. The smallest absolute Gasteiger partial charge is 0.244 e. The van der Waals surface area contributed by atoms with Gasteiger partial charge in [-0.1, -0.05) is 0 Å². The van der Waals surface area contributed by atoms with Crippen molar-refractivity contribution in [1.82, 2.24) is 14.3 Å². The maximum atomic E-state index is 12.2. The van der Waals surface area contributed by atoms with E-state index in [1.807, 2.05) is 0 Å². The topological polar surface area (TPSA) is 99.2 Å². The zero-order valence-corrected chi connectivity index (χ0v) is 11.8. The zero-order valence-electron chi connectivity index (χ0n) is 11.0. The minimum atomic E-state index is -3.67. The predicted octanol–water partition coefficient (Wildman–Crippen LogP) is 0.452. The van der Waals surface area contributed by atoms with Crippen molar-refractivity contribution in [1.29, 1.82) is 0 Å². The lowest BCUT2D eigenvalue weighted by molar-refractivity contribution is 0.402. The number of anilines is 1. The third-order valence-electron chi connectivity index (χ3n) is 2.70. The molecule has 8 heteroatoms. The molecule has 3 N–H and O–H groups in total. The van der Waals surface area contributed by atoms with E-state index in [2.05, 4.69) is 9.71 Å². The number of sulfonamides is 1. The van der Waals surface area contributed by atoms with Gasteiger partial charge in [-0.05, 0) is 18.2 Å². The average molecular weight is 296 g/mol. The second-order valence-electron chi connectivity index (χ2n) is 4.11. The van der Waals surface area contributed by atoms with Gasteiger partial charge < -0.3 is 15.0 Å². The molecule has 2 aromatic rings. The van der Waals surface area contributed by atoms with Crippen LogP contribution in [0.4, 0.5) is 5.69 Å². The van der Waals surface area contributed by atoms with Crippen molar-refractivity contribution in [3.63, 3.8) is 0 Å². The Labute approximate surface area is 117 Å². The SMILES string of the molecule is COc1ccc(N)cc1S(=O)(=O)NCCn1ccnc1. The first-order valence-corrected chi connectivity index (χ1v) is 7.40. The molecule has 0 radical (unpaired) electrons. The van der Waals surface area contributed by atoms with E-state index >= 15 is 0 Å². The number of benzene rings is 1. The lowest BCUT2D eigenvalue weighted by Gasteiger charge is -2.11. The van der Waals surface area contributed by atoms with Crippen LogP contribution in [0.15, 0.2) is 41.8 Å². The highest BCUT2D eigenvalue weighted by molar-refractivity contribution is 7.89. The second kappa shape index (κ2) is 5.93. The molecule has 0 aliphatic rings. The summed E-state index contributed by atoms with van der Waals surface area (Å²) >= 11 is 0. The van der Waals surface area contributed by atoms with Crippen molar-refractivity contribution < 1.29 is 13.2 Å². The van der Waals surface area contributed by atoms with Gasteiger partial charge >= 0.3 is 0 Å². The van der Waals surface area contributed by atoms with E-state index in [9.17, 15) is 8.42 Å². The molecule has 0 unspecified atom stereocenters. The number of rotatable bonds is 6. The van der Waals surface area contributed by atoms with Crippen LogP contribution in [0.2, 0.25) is 0 Å². The molecule has 0 atom stereocenters. The van der Waals surface area contributed by atoms with E-state index in [-0.39, 0.29) is 17.2 Å². The molecule has 0 fully saturated rings. The van der Waals surface area contributed by atoms with Crippen LogP contribution in [0.3, 0.4) is 0 Å². The lowest BCUT2D eigenvalue weighted by Crippen LogP contribution is -2.27. The van der Waals surface area contributed by atoms with Gasteiger partial charge in [-0.2, -0.15) is 0 Å². The van der Waals surface area contributed by atoms with E-state index in [0.29, 0.717) is 12.2 Å². The van der Waals surface area contributed by atoms with Gasteiger partial charge in [-0.15, -0.1) is 0 Å². The van der Waals surface area contributed by atoms with Crippen LogP contribution < -0.4 is 15.2 Å². The molecule has 0 spiro atoms. The summed E-state index contributed by atoms with van der Waals surface area (Å²) in [5, 5.41) is 0. The van der Waals surface area contributed by atoms with Gasteiger partial charge in [0.15, 0.2) is 0 Å². The summed E-state index contributed by atoms with van der Waals surface area (Å²) in [6.07, 6.45) is 5.01. The fourth-order valence-electron chi connectivity index (χ4n) is 1.71. The van der Waals surface area contributed by atoms with Crippen LogP contribution in [0.1, 0.15) is 0 Å². The van der Waals surface area contributed by atoms with Crippen LogP contribution in [0.25, 0.3) is 0 Å². The summed E-state index contributed by atoms with van der Waals surface area (Å²) in [5.41, 5.74) is 5.99. The first kappa shape index (κ1) is 14.4. The number of hydrogen-bond acceptors (Lipinski definition) is 5. The Balaban J connectivity index is 2.11. The quantitative estimate of drug-likeness (QED) is 0.754. The number of nitrogen functional groups attached to an aromatic ring is 1. The second-order valence-corrected chi connectivity index (χ2v) is 5.84. The van der Waals surface area contributed by atoms with Gasteiger partial charge in [0.1, 0.15) is 10.6 Å². The van der Waals surface area contributed by atoms with E-state index in [1.54, 1.807) is 29.4 Å². The molecule has 0 aliphatic carbocycles. The number of nitrogens with one attached hydrogen (secondary N) is 1. The normalized spacial score (nSPS) is 11.4. The highest BCUT2D eigenvalue weighted by Gasteiger charge is 2.19. The largest absolute Gasteiger partial charge is 0.495 e. The highest BCUT2D eigenvalue weighted by Crippen LogP contribution is 2.25. The monoisotopic (exact) mass is 296 g/mol. The highest BCUT2D eigenvalue weighted by atomic mass is 32.2. The standard InChI is InChI=1S/C12H16N4O3S/c1-19-11-3-2-10(13)8-12(11)20(17,18)15-5-7-16-6-4-14-9-16/h2-4,6,8-9,15H,5,7,13H2,1H3. The maximum absolute atomic E-state index is 12.2. The maximum Gasteiger partial charge on any atom is 0.244 e. The van der Waals surface area contributed by atoms with Crippen LogP contribution in [-0.2, 0) is 16.6 Å². The minimum absolute atomic E-state index is 0.0330. The Hall–Kier alpha value is -2.06. The molecule has 2 rings (SSSR count). The van der Waals surface area contributed by atoms with Gasteiger partial charge in [0.2, 0.25) is 10.0 Å². The van der Waals surface area contributed by atoms with Crippen molar-refractivity contribution in [2.45, 2.75) is 11.4 Å². The van der Waals surface area contributed by atoms with E-state index < -0.39 is 10.0 Å². The third kappa shape index (κ3) is 3.28. The number of ether oxygens (including phenoxy) is 1. The Morgan fingerprint density at radius 2 is 2.25 bits per heavy atom. The van der Waals surface area contributed by atoms with Crippen molar-refractivity contribution in [2.75, 3.05) is 19.4 Å². The summed E-state index contributed by atoms with van der Waals surface area (Å²) in [6.45, 7) is 0.737. The van der Waals surface area contributed by atoms with Crippen molar-refractivity contribution >= 4 is 15.7 Å². The van der Waals surface area contributed by atoms with Crippen molar-refractivity contribution in [3.8, 4) is 5.75 Å². The molecule has 0 aliphatic heterocycles. The molecule has 108 valence electrons. The number of methoxy groups -OCH3 is 1. The summed E-state index contributed by atoms with van der Waals surface area (Å²) in [7, 11) is -2.25. The van der Waals surface area contributed by atoms with Gasteiger partial charge in [0, 0.05) is 31.2 Å². The molecule has 0 bridgehead atoms. The molecule has 0 saturated heterocycles. The third-order valence-corrected chi connectivity index (χ3v) is 4.18. The average Bonchev–Trinajstić information content (AvgIpc) is 2.91. The number of nitrogens with two attached hydrogens (primary N) is 1. The van der Waals surface area contributed by atoms with E-state index in [1.165, 1.54) is 19.2 Å². The predicted molar refractivity (Wildman–Crippen MR) is 74.8 cm³/mol. The summed E-state index contributed by atoms with van der Waals surface area (Å²) in [5.74, 6) is 0.259. The Bertz CT molecular complexity index is 668. The summed E-state index contributed by atoms with van der Waals surface area (Å²) < 4.78 is 33.8. The molecule has 0 amide bonds. The van der Waals surface area contributed by atoms with Crippen LogP contribution >= 0.6 is 0 Å². The first-order chi connectivity index (χ1) is 9.53. The number of aromatic nitrogens is 2. The molecule has 7 nitrogen and oxygen atoms in total. The van der Waals surface area contributed by atoms with Crippen LogP contribution in [0.5, 0.6) is 5.75 Å². The van der Waals surface area contributed by atoms with Gasteiger partial charge in [0.25, 0.3) is 0 Å². The first-order valence-electron chi connectivity index (χ1n) is 5.92. The Morgan fingerprint density at radius 1 is 1.45 bits per heavy atom. The van der Waals surface area contributed by atoms with Crippen LogP contribution in [-0.4, -0.2) is 31.6 Å². The molecule has 1 aromatic carbocycles. The Kier molecular flexibility index (Phi) is 4.26. The molecule has 20 heavy (non-hydrogen) atoms. The number of nitrogens with zero attached hydrogens (tertiary/aromatic N) is 2. The molecular weight excluding hydrogens is 280 g/mol.